The van der Waals surface area contributed by atoms with Crippen molar-refractivity contribution in [3.63, 3.8) is 0 Å². The van der Waals surface area contributed by atoms with Gasteiger partial charge in [0.05, 0.1) is 16.5 Å². The Morgan fingerprint density at radius 1 is 1.24 bits per heavy atom. The van der Waals surface area contributed by atoms with Crippen LogP contribution in [0.15, 0.2) is 53.4 Å². The Labute approximate surface area is 149 Å². The summed E-state index contributed by atoms with van der Waals surface area (Å²) in [5.41, 5.74) is 0.930. The summed E-state index contributed by atoms with van der Waals surface area (Å²) >= 11 is 1.31. The van der Waals surface area contributed by atoms with Crippen LogP contribution in [0, 0.1) is 0 Å². The van der Waals surface area contributed by atoms with Gasteiger partial charge in [0.2, 0.25) is 5.78 Å². The molecule has 1 atom stereocenters. The molecule has 1 unspecified atom stereocenters. The van der Waals surface area contributed by atoms with Crippen LogP contribution in [-0.2, 0) is 4.79 Å². The maximum atomic E-state index is 13.0. The smallest absolute Gasteiger partial charge is 0.290 e. The molecule has 25 heavy (non-hydrogen) atoms. The van der Waals surface area contributed by atoms with E-state index < -0.39 is 17.7 Å². The molecule has 128 valence electrons. The van der Waals surface area contributed by atoms with Crippen LogP contribution in [0.25, 0.3) is 0 Å². The van der Waals surface area contributed by atoms with E-state index in [1.165, 1.54) is 11.3 Å². The van der Waals surface area contributed by atoms with Crippen LogP contribution in [0.5, 0.6) is 0 Å². The Morgan fingerprint density at radius 3 is 2.68 bits per heavy atom. The van der Waals surface area contributed by atoms with E-state index >= 15 is 0 Å². The topological polar surface area (TPSA) is 70.5 Å². The van der Waals surface area contributed by atoms with Crippen LogP contribution >= 0.6 is 11.3 Å². The lowest BCUT2D eigenvalue weighted by atomic mass is 9.95. The molecule has 2 aliphatic rings. The molecule has 2 aromatic rings. The monoisotopic (exact) mass is 354 g/mol. The SMILES string of the molecule is O=C(C1=C(O)C(=O)N(C2CCCC2)C1c1cccnc1)c1cccs1. The standard InChI is InChI=1S/C19H18N2O3S/c22-17(14-8-4-10-25-14)15-16(12-5-3-9-20-11-12)21(19(24)18(15)23)13-6-1-2-7-13/h3-5,8-11,13,16,23H,1-2,6-7H2. The fourth-order valence-corrected chi connectivity index (χ4v) is 4.50. The van der Waals surface area contributed by atoms with E-state index in [0.717, 1.165) is 31.2 Å². The van der Waals surface area contributed by atoms with Crippen molar-refractivity contribution in [2.24, 2.45) is 0 Å². The van der Waals surface area contributed by atoms with E-state index in [4.69, 9.17) is 0 Å². The predicted octanol–water partition coefficient (Wildman–Crippen LogP) is 3.66. The number of carbonyl (C=O) groups is 2. The summed E-state index contributed by atoms with van der Waals surface area (Å²) in [7, 11) is 0. The molecule has 2 aromatic heterocycles. The number of pyridine rings is 1. The first-order valence-electron chi connectivity index (χ1n) is 8.42. The summed E-state index contributed by atoms with van der Waals surface area (Å²) < 4.78 is 0. The molecule has 6 heteroatoms. The van der Waals surface area contributed by atoms with Crippen LogP contribution in [0.4, 0.5) is 0 Å². The van der Waals surface area contributed by atoms with Gasteiger partial charge in [0.15, 0.2) is 5.76 Å². The summed E-state index contributed by atoms with van der Waals surface area (Å²) in [6.45, 7) is 0. The molecule has 0 bridgehead atoms. The summed E-state index contributed by atoms with van der Waals surface area (Å²) in [6.07, 6.45) is 7.24. The van der Waals surface area contributed by atoms with E-state index in [9.17, 15) is 14.7 Å². The molecule has 1 N–H and O–H groups in total. The summed E-state index contributed by atoms with van der Waals surface area (Å²) in [5, 5.41) is 12.4. The molecule has 1 amide bonds. The molecular formula is C19H18N2O3S. The van der Waals surface area contributed by atoms with Crippen LogP contribution in [0.2, 0.25) is 0 Å². The van der Waals surface area contributed by atoms with E-state index in [2.05, 4.69) is 4.98 Å². The van der Waals surface area contributed by atoms with Crippen molar-refractivity contribution in [1.29, 1.82) is 0 Å². The molecule has 0 radical (unpaired) electrons. The third kappa shape index (κ3) is 2.66. The van der Waals surface area contributed by atoms with E-state index in [1.807, 2.05) is 11.4 Å². The highest BCUT2D eigenvalue weighted by Gasteiger charge is 2.47. The third-order valence-electron chi connectivity index (χ3n) is 4.95. The maximum absolute atomic E-state index is 13.0. The van der Waals surface area contributed by atoms with Gasteiger partial charge in [-0.05, 0) is 35.9 Å². The second-order valence-corrected chi connectivity index (χ2v) is 7.36. The first-order chi connectivity index (χ1) is 12.2. The van der Waals surface area contributed by atoms with Gasteiger partial charge < -0.3 is 10.0 Å². The highest BCUT2D eigenvalue weighted by molar-refractivity contribution is 7.12. The van der Waals surface area contributed by atoms with Crippen molar-refractivity contribution in [2.75, 3.05) is 0 Å². The number of aromatic nitrogens is 1. The first-order valence-corrected chi connectivity index (χ1v) is 9.30. The van der Waals surface area contributed by atoms with Crippen molar-refractivity contribution in [2.45, 2.75) is 37.8 Å². The number of ketones is 1. The Morgan fingerprint density at radius 2 is 2.04 bits per heavy atom. The minimum Gasteiger partial charge on any atom is -0.503 e. The second-order valence-electron chi connectivity index (χ2n) is 6.41. The molecular weight excluding hydrogens is 336 g/mol. The van der Waals surface area contributed by atoms with Crippen molar-refractivity contribution in [3.05, 3.63) is 63.8 Å². The molecule has 3 heterocycles. The Bertz CT molecular complexity index is 824. The van der Waals surface area contributed by atoms with E-state index in [0.29, 0.717) is 4.88 Å². The number of carbonyl (C=O) groups excluding carboxylic acids is 2. The average Bonchev–Trinajstić information content (AvgIpc) is 3.37. The normalized spacial score (nSPS) is 21.4. The second kappa shape index (κ2) is 6.44. The number of hydrogen-bond donors (Lipinski definition) is 1. The average molecular weight is 354 g/mol. The number of thiophene rings is 1. The van der Waals surface area contributed by atoms with Crippen molar-refractivity contribution in [3.8, 4) is 0 Å². The Hall–Kier alpha value is -2.47. The number of aliphatic hydroxyl groups excluding tert-OH is 1. The first kappa shape index (κ1) is 16.0. The van der Waals surface area contributed by atoms with Gasteiger partial charge in [-0.25, -0.2) is 0 Å². The van der Waals surface area contributed by atoms with Crippen molar-refractivity contribution >= 4 is 23.0 Å². The number of nitrogens with zero attached hydrogens (tertiary/aromatic N) is 2. The van der Waals surface area contributed by atoms with E-state index in [1.54, 1.807) is 35.5 Å². The lowest BCUT2D eigenvalue weighted by Gasteiger charge is -2.31. The van der Waals surface area contributed by atoms with Crippen LogP contribution in [-0.4, -0.2) is 32.7 Å². The minimum atomic E-state index is -0.570. The lowest BCUT2D eigenvalue weighted by molar-refractivity contribution is -0.131. The van der Waals surface area contributed by atoms with Crippen molar-refractivity contribution < 1.29 is 14.7 Å². The maximum Gasteiger partial charge on any atom is 0.290 e. The molecule has 1 aliphatic carbocycles. The highest BCUT2D eigenvalue weighted by atomic mass is 32.1. The quantitative estimate of drug-likeness (QED) is 0.851. The van der Waals surface area contributed by atoms with Gasteiger partial charge in [-0.3, -0.25) is 14.6 Å². The zero-order chi connectivity index (χ0) is 17.4. The fraction of sp³-hybridized carbons (Fsp3) is 0.316. The molecule has 0 aromatic carbocycles. The number of aliphatic hydroxyl groups is 1. The Kier molecular flexibility index (Phi) is 4.13. The van der Waals surface area contributed by atoms with Gasteiger partial charge in [-0.2, -0.15) is 0 Å². The van der Waals surface area contributed by atoms with Crippen LogP contribution in [0.1, 0.15) is 47.0 Å². The van der Waals surface area contributed by atoms with Crippen LogP contribution in [0.3, 0.4) is 0 Å². The van der Waals surface area contributed by atoms with Gasteiger partial charge >= 0.3 is 0 Å². The fourth-order valence-electron chi connectivity index (χ4n) is 3.82. The molecule has 1 aliphatic heterocycles. The predicted molar refractivity (Wildman–Crippen MR) is 94.4 cm³/mol. The highest BCUT2D eigenvalue weighted by Crippen LogP contribution is 2.43. The van der Waals surface area contributed by atoms with E-state index in [-0.39, 0.29) is 17.4 Å². The third-order valence-corrected chi connectivity index (χ3v) is 5.82. The number of Topliss-reactive ketones (excluding diaryl/α,β-unsaturated/α-hetero) is 1. The van der Waals surface area contributed by atoms with Crippen LogP contribution < -0.4 is 0 Å². The van der Waals surface area contributed by atoms with Crippen molar-refractivity contribution in [1.82, 2.24) is 9.88 Å². The van der Waals surface area contributed by atoms with Gasteiger partial charge in [-0.1, -0.05) is 25.0 Å². The minimum absolute atomic E-state index is 0.0495. The molecule has 4 rings (SSSR count). The molecule has 0 spiro atoms. The summed E-state index contributed by atoms with van der Waals surface area (Å²) in [5.74, 6) is -1.14. The van der Waals surface area contributed by atoms with Gasteiger partial charge in [0.1, 0.15) is 0 Å². The molecule has 0 saturated heterocycles. The Balaban J connectivity index is 1.82. The summed E-state index contributed by atoms with van der Waals surface area (Å²) in [4.78, 5) is 32.2. The van der Waals surface area contributed by atoms with Gasteiger partial charge in [0.25, 0.3) is 5.91 Å². The zero-order valence-corrected chi connectivity index (χ0v) is 14.4. The number of rotatable bonds is 4. The number of amides is 1. The molecule has 1 saturated carbocycles. The molecule has 1 fully saturated rings. The molecule has 5 nitrogen and oxygen atoms in total. The number of hydrogen-bond acceptors (Lipinski definition) is 5. The largest absolute Gasteiger partial charge is 0.503 e. The zero-order valence-electron chi connectivity index (χ0n) is 13.6. The summed E-state index contributed by atoms with van der Waals surface area (Å²) in [6, 6.07) is 6.63. The van der Waals surface area contributed by atoms with Gasteiger partial charge in [-0.15, -0.1) is 11.3 Å². The lowest BCUT2D eigenvalue weighted by Crippen LogP contribution is -2.38. The van der Waals surface area contributed by atoms with Gasteiger partial charge in [0, 0.05) is 18.4 Å².